The van der Waals surface area contributed by atoms with Gasteiger partial charge in [0, 0.05) is 27.7 Å². The maximum absolute atomic E-state index is 12.9. The van der Waals surface area contributed by atoms with Gasteiger partial charge in [0.2, 0.25) is 5.91 Å². The first-order valence-corrected chi connectivity index (χ1v) is 11.8. The Hall–Kier alpha value is -2.78. The van der Waals surface area contributed by atoms with Gasteiger partial charge in [-0.3, -0.25) is 4.79 Å². The lowest BCUT2D eigenvalue weighted by atomic mass is 10.0. The Morgan fingerprint density at radius 3 is 1.89 bits per heavy atom. The van der Waals surface area contributed by atoms with Gasteiger partial charge in [0.05, 0.1) is 15.6 Å². The average molecular weight is 574 g/mol. The zero-order valence-corrected chi connectivity index (χ0v) is 21.1. The van der Waals surface area contributed by atoms with E-state index in [0.29, 0.717) is 48.2 Å². The van der Waals surface area contributed by atoms with E-state index in [1.807, 2.05) is 0 Å². The lowest BCUT2D eigenvalue weighted by Crippen LogP contribution is -2.28. The molecule has 0 radical (unpaired) electrons. The summed E-state index contributed by atoms with van der Waals surface area (Å²) >= 11 is 24.8. The third-order valence-corrected chi connectivity index (χ3v) is 6.15. The Morgan fingerprint density at radius 1 is 0.833 bits per heavy atom. The highest BCUT2D eigenvalue weighted by Crippen LogP contribution is 2.38. The monoisotopic (exact) mass is 572 g/mol. The van der Waals surface area contributed by atoms with Crippen molar-refractivity contribution in [2.24, 2.45) is 0 Å². The maximum Gasteiger partial charge on any atom is 0.416 e. The number of nitrogens with zero attached hydrogens (tertiary/aromatic N) is 3. The fraction of sp³-hybridized carbons (Fsp3) is 0.125. The smallest absolute Gasteiger partial charge is 0.350 e. The van der Waals surface area contributed by atoms with E-state index in [9.17, 15) is 18.0 Å². The van der Waals surface area contributed by atoms with Crippen LogP contribution in [-0.2, 0) is 24.1 Å². The van der Waals surface area contributed by atoms with Gasteiger partial charge < -0.3 is 5.32 Å². The fourth-order valence-corrected chi connectivity index (χ4v) is 4.38. The SMILES string of the molecule is O=C(Cn1nc(-c2ccc(Cl)cc2Cl)c(-c2ccc(Cl)cc2Cl)n1)NCc1cccc(C(F)(F)F)c1. The molecule has 0 unspecified atom stereocenters. The van der Waals surface area contributed by atoms with Crippen LogP contribution in [0.4, 0.5) is 13.2 Å². The zero-order chi connectivity index (χ0) is 26.0. The molecule has 0 fully saturated rings. The minimum atomic E-state index is -4.47. The molecule has 1 N–H and O–H groups in total. The second-order valence-corrected chi connectivity index (χ2v) is 9.34. The predicted octanol–water partition coefficient (Wildman–Crippen LogP) is 7.56. The Balaban J connectivity index is 1.60. The molecule has 3 aromatic carbocycles. The Kier molecular flexibility index (Phi) is 7.80. The molecule has 1 aromatic heterocycles. The van der Waals surface area contributed by atoms with Crippen LogP contribution in [0, 0.1) is 0 Å². The molecule has 12 heteroatoms. The molecule has 4 rings (SSSR count). The van der Waals surface area contributed by atoms with Crippen molar-refractivity contribution in [2.75, 3.05) is 0 Å². The zero-order valence-electron chi connectivity index (χ0n) is 18.1. The average Bonchev–Trinajstić information content (AvgIpc) is 3.20. The van der Waals surface area contributed by atoms with Crippen LogP contribution in [0.15, 0.2) is 60.7 Å². The van der Waals surface area contributed by atoms with E-state index in [2.05, 4.69) is 15.5 Å². The number of hydrogen-bond donors (Lipinski definition) is 1. The van der Waals surface area contributed by atoms with Crippen molar-refractivity contribution in [2.45, 2.75) is 19.3 Å². The number of amides is 1. The number of rotatable bonds is 6. The predicted molar refractivity (Wildman–Crippen MR) is 134 cm³/mol. The summed E-state index contributed by atoms with van der Waals surface area (Å²) in [5, 5.41) is 12.9. The van der Waals surface area contributed by atoms with Crippen LogP contribution in [0.5, 0.6) is 0 Å². The lowest BCUT2D eigenvalue weighted by Gasteiger charge is -2.09. The van der Waals surface area contributed by atoms with E-state index in [-0.39, 0.29) is 13.1 Å². The van der Waals surface area contributed by atoms with Gasteiger partial charge in [0.1, 0.15) is 17.9 Å². The Labute approximate surface area is 223 Å². The van der Waals surface area contributed by atoms with Gasteiger partial charge in [-0.15, -0.1) is 0 Å². The van der Waals surface area contributed by atoms with Crippen molar-refractivity contribution >= 4 is 52.3 Å². The molecule has 0 bridgehead atoms. The number of alkyl halides is 3. The summed E-state index contributed by atoms with van der Waals surface area (Å²) in [5.74, 6) is -0.509. The number of nitrogens with one attached hydrogen (secondary N) is 1. The van der Waals surface area contributed by atoms with E-state index in [1.165, 1.54) is 12.1 Å². The summed E-state index contributed by atoms with van der Waals surface area (Å²) in [7, 11) is 0. The van der Waals surface area contributed by atoms with Crippen LogP contribution in [-0.4, -0.2) is 20.9 Å². The summed E-state index contributed by atoms with van der Waals surface area (Å²) in [6, 6.07) is 14.4. The normalized spacial score (nSPS) is 11.5. The molecule has 0 spiro atoms. The van der Waals surface area contributed by atoms with E-state index in [4.69, 9.17) is 46.4 Å². The highest BCUT2D eigenvalue weighted by Gasteiger charge is 2.30. The van der Waals surface area contributed by atoms with E-state index in [1.54, 1.807) is 36.4 Å². The van der Waals surface area contributed by atoms with Gasteiger partial charge in [-0.05, 0) is 54.1 Å². The number of aromatic nitrogens is 3. The number of hydrogen-bond acceptors (Lipinski definition) is 3. The fourth-order valence-electron chi connectivity index (χ4n) is 3.39. The molecule has 0 atom stereocenters. The summed E-state index contributed by atoms with van der Waals surface area (Å²) in [6.45, 7) is -0.405. The standard InChI is InChI=1S/C24H15Cl4F3N4O/c25-15-4-6-17(19(27)9-15)22-23(18-7-5-16(26)10-20(18)28)34-35(33-22)12-21(36)32-11-13-2-1-3-14(8-13)24(29,30)31/h1-10H,11-12H2,(H,32,36). The largest absolute Gasteiger partial charge is 0.416 e. The van der Waals surface area contributed by atoms with E-state index in [0.717, 1.165) is 16.9 Å². The number of carbonyl (C=O) groups is 1. The Morgan fingerprint density at radius 2 is 1.39 bits per heavy atom. The minimum Gasteiger partial charge on any atom is -0.350 e. The molecule has 1 amide bonds. The van der Waals surface area contributed by atoms with Crippen molar-refractivity contribution < 1.29 is 18.0 Å². The molecular formula is C24H15Cl4F3N4O. The second-order valence-electron chi connectivity index (χ2n) is 7.65. The Bertz CT molecular complexity index is 1370. The van der Waals surface area contributed by atoms with E-state index < -0.39 is 17.6 Å². The lowest BCUT2D eigenvalue weighted by molar-refractivity contribution is -0.137. The maximum atomic E-state index is 12.9. The number of benzene rings is 3. The molecule has 0 saturated heterocycles. The summed E-state index contributed by atoms with van der Waals surface area (Å²) in [6.07, 6.45) is -4.47. The number of halogens is 7. The minimum absolute atomic E-state index is 0.101. The molecule has 186 valence electrons. The van der Waals surface area contributed by atoms with Crippen LogP contribution in [0.3, 0.4) is 0 Å². The summed E-state index contributed by atoms with van der Waals surface area (Å²) in [4.78, 5) is 13.7. The molecular weight excluding hydrogens is 559 g/mol. The van der Waals surface area contributed by atoms with Crippen LogP contribution < -0.4 is 5.32 Å². The van der Waals surface area contributed by atoms with Crippen molar-refractivity contribution in [3.05, 3.63) is 91.9 Å². The molecule has 0 saturated carbocycles. The van der Waals surface area contributed by atoms with Crippen molar-refractivity contribution in [1.82, 2.24) is 20.3 Å². The molecule has 0 aliphatic rings. The first-order chi connectivity index (χ1) is 17.0. The van der Waals surface area contributed by atoms with Gasteiger partial charge in [0.15, 0.2) is 0 Å². The topological polar surface area (TPSA) is 59.8 Å². The third kappa shape index (κ3) is 6.13. The highest BCUT2D eigenvalue weighted by atomic mass is 35.5. The first kappa shape index (κ1) is 26.3. The van der Waals surface area contributed by atoms with E-state index >= 15 is 0 Å². The summed E-state index contributed by atoms with van der Waals surface area (Å²) < 4.78 is 38.8. The van der Waals surface area contributed by atoms with Gasteiger partial charge in [0.25, 0.3) is 0 Å². The van der Waals surface area contributed by atoms with Gasteiger partial charge >= 0.3 is 6.18 Å². The second kappa shape index (κ2) is 10.7. The van der Waals surface area contributed by atoms with Crippen LogP contribution in [0.2, 0.25) is 20.1 Å². The highest BCUT2D eigenvalue weighted by molar-refractivity contribution is 6.37. The quantitative estimate of drug-likeness (QED) is 0.259. The van der Waals surface area contributed by atoms with Gasteiger partial charge in [-0.1, -0.05) is 58.5 Å². The molecule has 4 aromatic rings. The molecule has 36 heavy (non-hydrogen) atoms. The van der Waals surface area contributed by atoms with Crippen LogP contribution in [0.25, 0.3) is 22.5 Å². The molecule has 0 aliphatic heterocycles. The van der Waals surface area contributed by atoms with Gasteiger partial charge in [-0.2, -0.15) is 28.2 Å². The van der Waals surface area contributed by atoms with Crippen molar-refractivity contribution in [3.8, 4) is 22.5 Å². The van der Waals surface area contributed by atoms with Crippen molar-refractivity contribution in [3.63, 3.8) is 0 Å². The summed E-state index contributed by atoms with van der Waals surface area (Å²) in [5.41, 5.74) is 1.24. The molecule has 1 heterocycles. The number of carbonyl (C=O) groups excluding carboxylic acids is 1. The van der Waals surface area contributed by atoms with Crippen molar-refractivity contribution in [1.29, 1.82) is 0 Å². The molecule has 5 nitrogen and oxygen atoms in total. The van der Waals surface area contributed by atoms with Gasteiger partial charge in [-0.25, -0.2) is 0 Å². The first-order valence-electron chi connectivity index (χ1n) is 10.3. The van der Waals surface area contributed by atoms with Crippen LogP contribution >= 0.6 is 46.4 Å². The molecule has 0 aliphatic carbocycles. The van der Waals surface area contributed by atoms with Crippen LogP contribution in [0.1, 0.15) is 11.1 Å². The third-order valence-electron chi connectivity index (χ3n) is 5.06.